The molecule has 1 amide bonds. The smallest absolute Gasteiger partial charge is 0.328 e. The summed E-state index contributed by atoms with van der Waals surface area (Å²) in [4.78, 5) is 27.5. The molecule has 8 heteroatoms. The molecule has 3 N–H and O–H groups in total. The number of hydrogen-bond donors (Lipinski definition) is 2. The van der Waals surface area contributed by atoms with Crippen LogP contribution in [-0.4, -0.2) is 35.3 Å². The number of nitrogens with zero attached hydrogens (tertiary/aromatic N) is 1. The van der Waals surface area contributed by atoms with E-state index in [0.717, 1.165) is 14.6 Å². The van der Waals surface area contributed by atoms with Crippen molar-refractivity contribution in [1.82, 2.24) is 10.3 Å². The zero-order chi connectivity index (χ0) is 14.8. The van der Waals surface area contributed by atoms with Crippen LogP contribution in [-0.2, 0) is 14.3 Å². The van der Waals surface area contributed by atoms with Gasteiger partial charge in [0.2, 0.25) is 5.91 Å². The predicted octanol–water partition coefficient (Wildman–Crippen LogP) is 1.40. The third-order valence-electron chi connectivity index (χ3n) is 2.99. The van der Waals surface area contributed by atoms with Crippen molar-refractivity contribution < 1.29 is 14.3 Å². The predicted molar refractivity (Wildman–Crippen MR) is 82.3 cm³/mol. The van der Waals surface area contributed by atoms with E-state index in [9.17, 15) is 9.59 Å². The Labute approximate surface area is 129 Å². The molecule has 0 saturated carbocycles. The number of amides is 1. The van der Waals surface area contributed by atoms with Gasteiger partial charge in [0.25, 0.3) is 0 Å². The summed E-state index contributed by atoms with van der Waals surface area (Å²) in [6.45, 7) is 0.371. The van der Waals surface area contributed by atoms with E-state index in [4.69, 9.17) is 10.5 Å². The molecule has 1 aromatic carbocycles. The van der Waals surface area contributed by atoms with Gasteiger partial charge in [0.05, 0.1) is 22.6 Å². The van der Waals surface area contributed by atoms with E-state index in [0.29, 0.717) is 18.7 Å². The lowest BCUT2D eigenvalue weighted by molar-refractivity contribution is -0.141. The van der Waals surface area contributed by atoms with Gasteiger partial charge in [-0.3, -0.25) is 4.79 Å². The number of anilines is 1. The van der Waals surface area contributed by atoms with Crippen molar-refractivity contribution in [3.8, 4) is 0 Å². The molecule has 0 bridgehead atoms. The lowest BCUT2D eigenvalue weighted by Gasteiger charge is -2.07. The maximum Gasteiger partial charge on any atom is 0.328 e. The number of benzene rings is 1. The van der Waals surface area contributed by atoms with Crippen molar-refractivity contribution >= 4 is 50.9 Å². The fourth-order valence-corrected chi connectivity index (χ4v) is 3.90. The topological polar surface area (TPSA) is 94.3 Å². The summed E-state index contributed by atoms with van der Waals surface area (Å²) in [7, 11) is 0. The van der Waals surface area contributed by atoms with Crippen LogP contribution in [0, 0.1) is 0 Å². The van der Waals surface area contributed by atoms with Crippen LogP contribution in [0.25, 0.3) is 10.2 Å². The van der Waals surface area contributed by atoms with Crippen molar-refractivity contribution in [3.63, 3.8) is 0 Å². The lowest BCUT2D eigenvalue weighted by atomic mass is 10.2. The fourth-order valence-electron chi connectivity index (χ4n) is 1.97. The number of fused-ring (bicyclic) bond motifs is 1. The van der Waals surface area contributed by atoms with Crippen molar-refractivity contribution in [2.45, 2.75) is 16.8 Å². The van der Waals surface area contributed by atoms with Crippen molar-refractivity contribution in [1.29, 1.82) is 0 Å². The van der Waals surface area contributed by atoms with Gasteiger partial charge < -0.3 is 15.8 Å². The molecule has 1 saturated heterocycles. The zero-order valence-electron chi connectivity index (χ0n) is 11.0. The Morgan fingerprint density at radius 2 is 2.43 bits per heavy atom. The number of rotatable bonds is 4. The van der Waals surface area contributed by atoms with E-state index in [-0.39, 0.29) is 17.6 Å². The molecular formula is C13H13N3O3S2. The molecule has 1 atom stereocenters. The number of esters is 1. The monoisotopic (exact) mass is 323 g/mol. The Hall–Kier alpha value is -1.80. The van der Waals surface area contributed by atoms with Gasteiger partial charge in [0.15, 0.2) is 4.34 Å². The molecule has 1 aliphatic heterocycles. The molecule has 1 aromatic heterocycles. The summed E-state index contributed by atoms with van der Waals surface area (Å²) in [5, 5.41) is 2.66. The summed E-state index contributed by atoms with van der Waals surface area (Å²) >= 11 is 2.84. The summed E-state index contributed by atoms with van der Waals surface area (Å²) < 4.78 is 6.60. The Morgan fingerprint density at radius 1 is 1.57 bits per heavy atom. The van der Waals surface area contributed by atoms with Crippen LogP contribution >= 0.6 is 23.1 Å². The first kappa shape index (κ1) is 14.2. The average molecular weight is 323 g/mol. The first-order valence-electron chi connectivity index (χ1n) is 6.37. The van der Waals surface area contributed by atoms with Crippen LogP contribution in [0.15, 0.2) is 22.5 Å². The number of thioether (sulfide) groups is 1. The van der Waals surface area contributed by atoms with Crippen LogP contribution in [0.2, 0.25) is 0 Å². The molecule has 0 aliphatic carbocycles. The number of nitrogen functional groups attached to an aromatic ring is 1. The van der Waals surface area contributed by atoms with Crippen LogP contribution in [0.3, 0.4) is 0 Å². The summed E-state index contributed by atoms with van der Waals surface area (Å²) in [6, 6.07) is 5.02. The largest absolute Gasteiger partial charge is 0.464 e. The number of carbonyl (C=O) groups excluding carboxylic acids is 2. The van der Waals surface area contributed by atoms with Gasteiger partial charge in [0, 0.05) is 12.1 Å². The molecule has 0 unspecified atom stereocenters. The van der Waals surface area contributed by atoms with Gasteiger partial charge in [0.1, 0.15) is 6.04 Å². The van der Waals surface area contributed by atoms with Gasteiger partial charge in [-0.25, -0.2) is 9.78 Å². The van der Waals surface area contributed by atoms with Crippen LogP contribution in [0.1, 0.15) is 6.42 Å². The number of hydrogen-bond acceptors (Lipinski definition) is 7. The maximum absolute atomic E-state index is 11.8. The van der Waals surface area contributed by atoms with E-state index >= 15 is 0 Å². The van der Waals surface area contributed by atoms with E-state index in [1.165, 1.54) is 23.1 Å². The Bertz CT molecular complexity index is 701. The zero-order valence-corrected chi connectivity index (χ0v) is 12.6. The first-order valence-corrected chi connectivity index (χ1v) is 8.17. The minimum Gasteiger partial charge on any atom is -0.464 e. The molecule has 1 fully saturated rings. The van der Waals surface area contributed by atoms with Gasteiger partial charge in [-0.15, -0.1) is 11.3 Å². The van der Waals surface area contributed by atoms with E-state index < -0.39 is 6.04 Å². The second-order valence-electron chi connectivity index (χ2n) is 4.57. The van der Waals surface area contributed by atoms with E-state index in [1.54, 1.807) is 6.07 Å². The molecular weight excluding hydrogens is 310 g/mol. The lowest BCUT2D eigenvalue weighted by Crippen LogP contribution is -2.38. The molecule has 6 nitrogen and oxygen atoms in total. The van der Waals surface area contributed by atoms with Crippen LogP contribution < -0.4 is 11.1 Å². The number of nitrogens with one attached hydrogen (secondary N) is 1. The van der Waals surface area contributed by atoms with Crippen LogP contribution in [0.4, 0.5) is 5.69 Å². The number of aromatic nitrogens is 1. The van der Waals surface area contributed by atoms with Gasteiger partial charge in [-0.1, -0.05) is 11.8 Å². The number of thiazole rings is 1. The molecule has 0 radical (unpaired) electrons. The highest BCUT2D eigenvalue weighted by Gasteiger charge is 2.27. The molecule has 21 heavy (non-hydrogen) atoms. The standard InChI is InChI=1S/C13H13N3O3S2/c14-7-1-2-8-10(5-7)21-13(16-8)20-6-11(17)15-9-3-4-19-12(9)18/h1-2,5,9H,3-4,6,14H2,(H,15,17)/t9-/m1/s1. The quantitative estimate of drug-likeness (QED) is 0.502. The van der Waals surface area contributed by atoms with E-state index in [2.05, 4.69) is 10.3 Å². The summed E-state index contributed by atoms with van der Waals surface area (Å²) in [5.41, 5.74) is 7.29. The highest BCUT2D eigenvalue weighted by atomic mass is 32.2. The molecule has 0 spiro atoms. The Balaban J connectivity index is 1.58. The van der Waals surface area contributed by atoms with Crippen molar-refractivity contribution in [2.24, 2.45) is 0 Å². The molecule has 2 aromatic rings. The summed E-state index contributed by atoms with van der Waals surface area (Å²) in [6.07, 6.45) is 0.537. The van der Waals surface area contributed by atoms with E-state index in [1.807, 2.05) is 12.1 Å². The molecule has 1 aliphatic rings. The van der Waals surface area contributed by atoms with Gasteiger partial charge in [-0.2, -0.15) is 0 Å². The molecule has 2 heterocycles. The fraction of sp³-hybridized carbons (Fsp3) is 0.308. The third-order valence-corrected chi connectivity index (χ3v) is 5.15. The molecule has 3 rings (SSSR count). The SMILES string of the molecule is Nc1ccc2nc(SCC(=O)N[C@@H]3CCOC3=O)sc2c1. The number of ether oxygens (including phenoxy) is 1. The highest BCUT2D eigenvalue weighted by Crippen LogP contribution is 2.30. The second-order valence-corrected chi connectivity index (χ2v) is 6.82. The Kier molecular flexibility index (Phi) is 3.98. The normalized spacial score (nSPS) is 17.9. The molecule has 110 valence electrons. The van der Waals surface area contributed by atoms with Crippen molar-refractivity contribution in [2.75, 3.05) is 18.1 Å². The number of nitrogens with two attached hydrogens (primary N) is 1. The second kappa shape index (κ2) is 5.90. The van der Waals surface area contributed by atoms with Gasteiger partial charge in [-0.05, 0) is 18.2 Å². The summed E-state index contributed by atoms with van der Waals surface area (Å²) in [5.74, 6) is -0.328. The minimum atomic E-state index is -0.506. The average Bonchev–Trinajstić information content (AvgIpc) is 3.02. The Morgan fingerprint density at radius 3 is 3.19 bits per heavy atom. The number of carbonyl (C=O) groups is 2. The van der Waals surface area contributed by atoms with Gasteiger partial charge >= 0.3 is 5.97 Å². The van der Waals surface area contributed by atoms with Crippen LogP contribution in [0.5, 0.6) is 0 Å². The van der Waals surface area contributed by atoms with Crippen molar-refractivity contribution in [3.05, 3.63) is 18.2 Å². The minimum absolute atomic E-state index is 0.192. The number of cyclic esters (lactones) is 1. The maximum atomic E-state index is 11.8. The third kappa shape index (κ3) is 3.27. The first-order chi connectivity index (χ1) is 10.1. The highest BCUT2D eigenvalue weighted by molar-refractivity contribution is 8.01.